The molecule has 2 aromatic rings. The molecule has 0 aliphatic heterocycles. The van der Waals surface area contributed by atoms with Crippen LogP contribution in [0.15, 0.2) is 51.5 Å². The van der Waals surface area contributed by atoms with Gasteiger partial charge in [-0.3, -0.25) is 4.98 Å². The molecule has 1 N–H and O–H groups in total. The summed E-state index contributed by atoms with van der Waals surface area (Å²) in [6.07, 6.45) is 2.71. The monoisotopic (exact) mass is 368 g/mol. The zero-order valence-electron chi connectivity index (χ0n) is 10.0. The molecule has 0 amide bonds. The fraction of sp³-hybridized carbons (Fsp3) is 0.214. The van der Waals surface area contributed by atoms with Crippen LogP contribution in [0.4, 0.5) is 0 Å². The van der Waals surface area contributed by atoms with Crippen LogP contribution in [0.5, 0.6) is 0 Å². The summed E-state index contributed by atoms with van der Waals surface area (Å²) < 4.78 is 2.11. The number of nitrogens with zero attached hydrogens (tertiary/aromatic N) is 1. The fourth-order valence-corrected chi connectivity index (χ4v) is 2.50. The largest absolute Gasteiger partial charge is 0.313 e. The second-order valence-electron chi connectivity index (χ2n) is 4.07. The first kappa shape index (κ1) is 13.7. The first-order valence-electron chi connectivity index (χ1n) is 5.72. The summed E-state index contributed by atoms with van der Waals surface area (Å²) in [4.78, 5) is 4.42. The Hall–Kier alpha value is -0.710. The van der Waals surface area contributed by atoms with Gasteiger partial charge in [0.2, 0.25) is 0 Å². The third kappa shape index (κ3) is 3.64. The summed E-state index contributed by atoms with van der Waals surface area (Å²) in [7, 11) is 1.98. The highest BCUT2D eigenvalue weighted by atomic mass is 79.9. The summed E-state index contributed by atoms with van der Waals surface area (Å²) in [5, 5.41) is 3.34. The molecule has 0 saturated heterocycles. The van der Waals surface area contributed by atoms with Crippen molar-refractivity contribution in [2.45, 2.75) is 12.5 Å². The van der Waals surface area contributed by atoms with Crippen LogP contribution in [0, 0.1) is 0 Å². The summed E-state index contributed by atoms with van der Waals surface area (Å²) in [6.45, 7) is 0. The summed E-state index contributed by atoms with van der Waals surface area (Å²) in [5.74, 6) is 0. The Morgan fingerprint density at radius 2 is 2.00 bits per heavy atom. The molecule has 0 aliphatic rings. The van der Waals surface area contributed by atoms with E-state index in [-0.39, 0.29) is 6.04 Å². The molecule has 2 nitrogen and oxygen atoms in total. The molecule has 1 aromatic carbocycles. The molecule has 0 spiro atoms. The molecule has 18 heavy (non-hydrogen) atoms. The molecule has 1 aromatic heterocycles. The Labute approximate surface area is 124 Å². The van der Waals surface area contributed by atoms with Gasteiger partial charge in [0.15, 0.2) is 0 Å². The normalized spacial score (nSPS) is 12.4. The van der Waals surface area contributed by atoms with Gasteiger partial charge in [0.25, 0.3) is 0 Å². The van der Waals surface area contributed by atoms with Crippen LogP contribution in [0.25, 0.3) is 0 Å². The minimum atomic E-state index is 0.274. The van der Waals surface area contributed by atoms with Crippen LogP contribution in [0.2, 0.25) is 0 Å². The highest BCUT2D eigenvalue weighted by Gasteiger charge is 2.11. The van der Waals surface area contributed by atoms with E-state index >= 15 is 0 Å². The molecule has 0 aliphatic carbocycles. The summed E-state index contributed by atoms with van der Waals surface area (Å²) in [5.41, 5.74) is 2.34. The first-order valence-corrected chi connectivity index (χ1v) is 7.31. The molecule has 2 rings (SSSR count). The van der Waals surface area contributed by atoms with Gasteiger partial charge >= 0.3 is 0 Å². The number of nitrogens with one attached hydrogen (secondary N) is 1. The Kier molecular flexibility index (Phi) is 4.92. The number of likely N-dealkylation sites (N-methyl/N-ethyl adjacent to an activating group) is 1. The lowest BCUT2D eigenvalue weighted by atomic mass is 10.0. The van der Waals surface area contributed by atoms with Crippen molar-refractivity contribution in [1.82, 2.24) is 10.3 Å². The molecule has 1 atom stereocenters. The SMILES string of the molecule is CNC(Cc1ccc(Br)cn1)c1cccc(Br)c1. The number of halogens is 2. The van der Waals surface area contributed by atoms with Crippen LogP contribution >= 0.6 is 31.9 Å². The zero-order chi connectivity index (χ0) is 13.0. The Morgan fingerprint density at radius 3 is 2.61 bits per heavy atom. The van der Waals surface area contributed by atoms with Crippen LogP contribution in [0.1, 0.15) is 17.3 Å². The maximum Gasteiger partial charge on any atom is 0.0423 e. The third-order valence-corrected chi connectivity index (χ3v) is 3.76. The lowest BCUT2D eigenvalue weighted by Crippen LogP contribution is -2.19. The minimum absolute atomic E-state index is 0.274. The standard InChI is InChI=1S/C14H14Br2N2/c1-17-14(10-3-2-4-11(15)7-10)8-13-6-5-12(16)9-18-13/h2-7,9,14,17H,8H2,1H3. The topological polar surface area (TPSA) is 24.9 Å². The van der Waals surface area contributed by atoms with Gasteiger partial charge in [-0.1, -0.05) is 28.1 Å². The lowest BCUT2D eigenvalue weighted by molar-refractivity contribution is 0.584. The van der Waals surface area contributed by atoms with E-state index in [0.717, 1.165) is 21.1 Å². The minimum Gasteiger partial charge on any atom is -0.313 e. The number of hydrogen-bond acceptors (Lipinski definition) is 2. The highest BCUT2D eigenvalue weighted by molar-refractivity contribution is 9.10. The van der Waals surface area contributed by atoms with Crippen molar-refractivity contribution in [1.29, 1.82) is 0 Å². The number of hydrogen-bond donors (Lipinski definition) is 1. The molecular formula is C14H14Br2N2. The summed E-state index contributed by atoms with van der Waals surface area (Å²) >= 11 is 6.90. The van der Waals surface area contributed by atoms with Crippen molar-refractivity contribution in [3.05, 3.63) is 62.8 Å². The van der Waals surface area contributed by atoms with Crippen LogP contribution in [-0.4, -0.2) is 12.0 Å². The molecule has 0 saturated carbocycles. The molecule has 1 heterocycles. The van der Waals surface area contributed by atoms with Gasteiger partial charge in [0, 0.05) is 33.3 Å². The van der Waals surface area contributed by atoms with Crippen molar-refractivity contribution in [2.24, 2.45) is 0 Å². The van der Waals surface area contributed by atoms with Gasteiger partial charge in [-0.25, -0.2) is 0 Å². The van der Waals surface area contributed by atoms with Gasteiger partial charge in [-0.15, -0.1) is 0 Å². The Balaban J connectivity index is 2.17. The highest BCUT2D eigenvalue weighted by Crippen LogP contribution is 2.21. The van der Waals surface area contributed by atoms with Crippen molar-refractivity contribution in [3.8, 4) is 0 Å². The van der Waals surface area contributed by atoms with Crippen molar-refractivity contribution in [2.75, 3.05) is 7.05 Å². The van der Waals surface area contributed by atoms with E-state index in [1.807, 2.05) is 31.4 Å². The fourth-order valence-electron chi connectivity index (χ4n) is 1.85. The number of benzene rings is 1. The molecule has 94 valence electrons. The van der Waals surface area contributed by atoms with Crippen LogP contribution < -0.4 is 5.32 Å². The predicted molar refractivity (Wildman–Crippen MR) is 81.6 cm³/mol. The average molecular weight is 370 g/mol. The first-order chi connectivity index (χ1) is 8.69. The van der Waals surface area contributed by atoms with Gasteiger partial charge in [0.1, 0.15) is 0 Å². The van der Waals surface area contributed by atoms with Crippen molar-refractivity contribution in [3.63, 3.8) is 0 Å². The van der Waals surface area contributed by atoms with Gasteiger partial charge in [-0.05, 0) is 52.8 Å². The summed E-state index contributed by atoms with van der Waals surface area (Å²) in [6, 6.07) is 12.7. The van der Waals surface area contributed by atoms with E-state index in [4.69, 9.17) is 0 Å². The van der Waals surface area contributed by atoms with E-state index in [9.17, 15) is 0 Å². The lowest BCUT2D eigenvalue weighted by Gasteiger charge is -2.16. The molecular weight excluding hydrogens is 356 g/mol. The molecule has 0 radical (unpaired) electrons. The average Bonchev–Trinajstić information content (AvgIpc) is 2.38. The zero-order valence-corrected chi connectivity index (χ0v) is 13.2. The second-order valence-corrected chi connectivity index (χ2v) is 5.90. The van der Waals surface area contributed by atoms with E-state index in [0.29, 0.717) is 0 Å². The van der Waals surface area contributed by atoms with Crippen LogP contribution in [-0.2, 0) is 6.42 Å². The Bertz CT molecular complexity index is 511. The van der Waals surface area contributed by atoms with E-state index in [1.54, 1.807) is 0 Å². The Morgan fingerprint density at radius 1 is 1.17 bits per heavy atom. The maximum atomic E-state index is 4.42. The smallest absolute Gasteiger partial charge is 0.0423 e. The second kappa shape index (κ2) is 6.45. The van der Waals surface area contributed by atoms with E-state index < -0.39 is 0 Å². The maximum absolute atomic E-state index is 4.42. The molecule has 4 heteroatoms. The van der Waals surface area contributed by atoms with E-state index in [2.05, 4.69) is 60.4 Å². The van der Waals surface area contributed by atoms with Crippen molar-refractivity contribution < 1.29 is 0 Å². The number of aromatic nitrogens is 1. The number of pyridine rings is 1. The molecule has 0 bridgehead atoms. The van der Waals surface area contributed by atoms with Crippen molar-refractivity contribution >= 4 is 31.9 Å². The van der Waals surface area contributed by atoms with Crippen LogP contribution in [0.3, 0.4) is 0 Å². The molecule has 1 unspecified atom stereocenters. The third-order valence-electron chi connectivity index (χ3n) is 2.80. The van der Waals surface area contributed by atoms with E-state index in [1.165, 1.54) is 5.56 Å². The predicted octanol–water partition coefficient (Wildman–Crippen LogP) is 4.11. The quantitative estimate of drug-likeness (QED) is 0.877. The van der Waals surface area contributed by atoms with Gasteiger partial charge < -0.3 is 5.32 Å². The van der Waals surface area contributed by atoms with Gasteiger partial charge in [-0.2, -0.15) is 0 Å². The van der Waals surface area contributed by atoms with Gasteiger partial charge in [0.05, 0.1) is 0 Å². The number of rotatable bonds is 4. The molecule has 0 fully saturated rings.